The summed E-state index contributed by atoms with van der Waals surface area (Å²) in [6, 6.07) is 16.2. The SMILES string of the molecule is CN(C)c1ccc2c3c(cccc13)C(=O)C(CC[C@@H](CC(=O)[C@@H](N)CCNC[C@@H](N)Cc1ccccc1)C(=O)NCC[C@@H](NC(=O)CCCC(=O)O)C(=O)O)C2=O. The molecule has 0 aliphatic heterocycles. The van der Waals surface area contributed by atoms with Gasteiger partial charge >= 0.3 is 11.9 Å². The third kappa shape index (κ3) is 12.5. The van der Waals surface area contributed by atoms with Crippen LogP contribution in [-0.4, -0.2) is 103 Å². The minimum absolute atomic E-state index is 0.0111. The highest BCUT2D eigenvalue weighted by Crippen LogP contribution is 2.38. The van der Waals surface area contributed by atoms with Crippen molar-refractivity contribution in [2.24, 2.45) is 23.3 Å². The maximum absolute atomic E-state index is 13.8. The quantitative estimate of drug-likeness (QED) is 0.0510. The molecule has 57 heavy (non-hydrogen) atoms. The summed E-state index contributed by atoms with van der Waals surface area (Å²) in [5, 5.41) is 28.1. The van der Waals surface area contributed by atoms with Gasteiger partial charge in [0.25, 0.3) is 0 Å². The summed E-state index contributed by atoms with van der Waals surface area (Å²) in [5.74, 6) is -6.86. The Labute approximate surface area is 331 Å². The molecule has 306 valence electrons. The Bertz CT molecular complexity index is 1910. The number of nitrogens with two attached hydrogens (primary N) is 2. The lowest BCUT2D eigenvalue weighted by molar-refractivity contribution is -0.142. The number of nitrogens with zero attached hydrogens (tertiary/aromatic N) is 1. The molecule has 0 bridgehead atoms. The van der Waals surface area contributed by atoms with E-state index < -0.39 is 53.5 Å². The Morgan fingerprint density at radius 1 is 0.825 bits per heavy atom. The first-order chi connectivity index (χ1) is 27.2. The van der Waals surface area contributed by atoms with Crippen molar-refractivity contribution < 1.29 is 43.8 Å². The Morgan fingerprint density at radius 3 is 2.19 bits per heavy atom. The second kappa shape index (κ2) is 21.1. The van der Waals surface area contributed by atoms with Crippen LogP contribution in [0.4, 0.5) is 5.69 Å². The summed E-state index contributed by atoms with van der Waals surface area (Å²) in [5.41, 5.74) is 15.3. The summed E-state index contributed by atoms with van der Waals surface area (Å²) in [7, 11) is 3.75. The molecule has 1 aliphatic carbocycles. The standard InChI is InChI=1S/C42H54N6O9/c1-48(2)34-17-16-30-38-28(34)10-6-11-29(38)39(53)31(40(30)54)15-14-26(41(55)46-21-19-33(42(56)57)47-36(50)12-7-13-37(51)52)23-35(49)32(44)18-20-45-24-27(43)22-25-8-4-3-5-9-25/h3-6,8-11,16-17,26-27,31-33,45H,7,12-15,18-24,43-44H2,1-2H3,(H,46,55)(H,47,50)(H,51,52)(H,56,57)/t26-,27-,31?,32-,33+/m0/s1. The van der Waals surface area contributed by atoms with Crippen LogP contribution in [0.3, 0.4) is 0 Å². The van der Waals surface area contributed by atoms with E-state index in [2.05, 4.69) is 16.0 Å². The van der Waals surface area contributed by atoms with E-state index in [1.807, 2.05) is 61.5 Å². The highest BCUT2D eigenvalue weighted by Gasteiger charge is 2.37. The van der Waals surface area contributed by atoms with Crippen LogP contribution in [0, 0.1) is 11.8 Å². The predicted octanol–water partition coefficient (Wildman–Crippen LogP) is 2.46. The van der Waals surface area contributed by atoms with Crippen molar-refractivity contribution in [3.8, 4) is 0 Å². The highest BCUT2D eigenvalue weighted by atomic mass is 16.4. The first-order valence-electron chi connectivity index (χ1n) is 19.3. The summed E-state index contributed by atoms with van der Waals surface area (Å²) >= 11 is 0. The number of hydrogen-bond donors (Lipinski definition) is 7. The molecule has 0 aromatic heterocycles. The number of carboxylic acid groups (broad SMARTS) is 2. The number of Topliss-reactive ketones (excluding diaryl/α,β-unsaturated/α-hetero) is 3. The number of aliphatic carboxylic acids is 2. The van der Waals surface area contributed by atoms with Gasteiger partial charge in [0.05, 0.1) is 12.0 Å². The third-order valence-corrected chi connectivity index (χ3v) is 10.2. The van der Waals surface area contributed by atoms with Crippen LogP contribution in [0.2, 0.25) is 0 Å². The number of carbonyl (C=O) groups is 7. The van der Waals surface area contributed by atoms with Gasteiger partial charge in [-0.3, -0.25) is 28.8 Å². The average Bonchev–Trinajstić information content (AvgIpc) is 3.17. The van der Waals surface area contributed by atoms with Gasteiger partial charge in [0.2, 0.25) is 11.8 Å². The van der Waals surface area contributed by atoms with Crippen LogP contribution in [0.1, 0.15) is 77.6 Å². The van der Waals surface area contributed by atoms with Crippen molar-refractivity contribution in [3.63, 3.8) is 0 Å². The summed E-state index contributed by atoms with van der Waals surface area (Å²) < 4.78 is 0. The van der Waals surface area contributed by atoms with E-state index in [-0.39, 0.29) is 75.5 Å². The number of carboxylic acids is 2. The lowest BCUT2D eigenvalue weighted by atomic mass is 9.76. The number of anilines is 1. The summed E-state index contributed by atoms with van der Waals surface area (Å²) in [6.07, 6.45) is 0.0370. The number of carbonyl (C=O) groups excluding carboxylic acids is 5. The Hall–Kier alpha value is -5.51. The van der Waals surface area contributed by atoms with E-state index in [0.717, 1.165) is 16.6 Å². The van der Waals surface area contributed by atoms with Gasteiger partial charge in [0.15, 0.2) is 11.6 Å². The molecule has 0 heterocycles. The second-order valence-corrected chi connectivity index (χ2v) is 14.8. The molecule has 5 atom stereocenters. The van der Waals surface area contributed by atoms with Gasteiger partial charge in [0, 0.05) is 86.0 Å². The van der Waals surface area contributed by atoms with E-state index in [0.29, 0.717) is 36.0 Å². The number of hydrogen-bond acceptors (Lipinski definition) is 11. The van der Waals surface area contributed by atoms with Crippen molar-refractivity contribution in [2.45, 2.75) is 75.9 Å². The molecule has 2 amide bonds. The molecule has 0 radical (unpaired) electrons. The van der Waals surface area contributed by atoms with Gasteiger partial charge in [-0.2, -0.15) is 0 Å². The highest BCUT2D eigenvalue weighted by molar-refractivity contribution is 6.30. The van der Waals surface area contributed by atoms with Gasteiger partial charge < -0.3 is 42.5 Å². The molecule has 0 saturated carbocycles. The molecule has 0 spiro atoms. The number of ketones is 3. The topological polar surface area (TPSA) is 251 Å². The van der Waals surface area contributed by atoms with E-state index in [9.17, 15) is 38.7 Å². The number of amides is 2. The Kier molecular flexibility index (Phi) is 16.4. The monoisotopic (exact) mass is 786 g/mol. The lowest BCUT2D eigenvalue weighted by Crippen LogP contribution is -2.44. The van der Waals surface area contributed by atoms with Gasteiger partial charge in [-0.15, -0.1) is 0 Å². The fourth-order valence-corrected chi connectivity index (χ4v) is 7.14. The largest absolute Gasteiger partial charge is 0.481 e. The van der Waals surface area contributed by atoms with Crippen molar-refractivity contribution >= 4 is 57.6 Å². The molecule has 3 aromatic rings. The first kappa shape index (κ1) is 44.2. The minimum atomic E-state index is -1.36. The Morgan fingerprint density at radius 2 is 1.53 bits per heavy atom. The fourth-order valence-electron chi connectivity index (χ4n) is 7.14. The van der Waals surface area contributed by atoms with Crippen LogP contribution in [-0.2, 0) is 30.4 Å². The molecule has 0 saturated heterocycles. The van der Waals surface area contributed by atoms with Gasteiger partial charge in [-0.25, -0.2) is 4.79 Å². The van der Waals surface area contributed by atoms with E-state index in [1.165, 1.54) is 0 Å². The molecule has 9 N–H and O–H groups in total. The van der Waals surface area contributed by atoms with E-state index in [4.69, 9.17) is 16.6 Å². The van der Waals surface area contributed by atoms with Crippen molar-refractivity contribution in [1.29, 1.82) is 0 Å². The van der Waals surface area contributed by atoms with Crippen molar-refractivity contribution in [1.82, 2.24) is 16.0 Å². The van der Waals surface area contributed by atoms with Crippen molar-refractivity contribution in [3.05, 3.63) is 77.4 Å². The zero-order chi connectivity index (χ0) is 41.6. The van der Waals surface area contributed by atoms with Crippen LogP contribution in [0.5, 0.6) is 0 Å². The van der Waals surface area contributed by atoms with E-state index >= 15 is 0 Å². The minimum Gasteiger partial charge on any atom is -0.481 e. The zero-order valence-electron chi connectivity index (χ0n) is 32.5. The van der Waals surface area contributed by atoms with Crippen molar-refractivity contribution in [2.75, 3.05) is 38.6 Å². The lowest BCUT2D eigenvalue weighted by Gasteiger charge is -2.26. The predicted molar refractivity (Wildman–Crippen MR) is 215 cm³/mol. The third-order valence-electron chi connectivity index (χ3n) is 10.2. The maximum Gasteiger partial charge on any atom is 0.326 e. The molecular weight excluding hydrogens is 732 g/mol. The fraction of sp³-hybridized carbons (Fsp3) is 0.452. The Balaban J connectivity index is 1.41. The molecule has 1 aliphatic rings. The number of nitrogens with one attached hydrogen (secondary N) is 3. The van der Waals surface area contributed by atoms with E-state index in [1.54, 1.807) is 18.2 Å². The number of rotatable bonds is 24. The molecule has 0 fully saturated rings. The zero-order valence-corrected chi connectivity index (χ0v) is 32.5. The molecule has 4 rings (SSSR count). The second-order valence-electron chi connectivity index (χ2n) is 14.8. The molecule has 1 unspecified atom stereocenters. The molecular formula is C42H54N6O9. The molecule has 15 heteroatoms. The van der Waals surface area contributed by atoms with Crippen LogP contribution in [0.15, 0.2) is 60.7 Å². The van der Waals surface area contributed by atoms with Gasteiger partial charge in [-0.1, -0.05) is 48.5 Å². The molecule has 15 nitrogen and oxygen atoms in total. The first-order valence-corrected chi connectivity index (χ1v) is 19.3. The maximum atomic E-state index is 13.8. The smallest absolute Gasteiger partial charge is 0.326 e. The van der Waals surface area contributed by atoms with Crippen LogP contribution < -0.4 is 32.3 Å². The van der Waals surface area contributed by atoms with Crippen LogP contribution in [0.25, 0.3) is 10.8 Å². The summed E-state index contributed by atoms with van der Waals surface area (Å²) in [4.78, 5) is 91.6. The normalized spacial score (nSPS) is 15.7. The average molecular weight is 787 g/mol. The molecule has 3 aromatic carbocycles. The number of benzene rings is 3. The van der Waals surface area contributed by atoms with Gasteiger partial charge in [0.1, 0.15) is 11.8 Å². The van der Waals surface area contributed by atoms with Gasteiger partial charge in [-0.05, 0) is 62.8 Å². The van der Waals surface area contributed by atoms with Crippen LogP contribution >= 0.6 is 0 Å². The summed E-state index contributed by atoms with van der Waals surface area (Å²) in [6.45, 7) is 0.716.